The van der Waals surface area contributed by atoms with Gasteiger partial charge in [-0.25, -0.2) is 0 Å². The number of carbonyl (C=O) groups excluding carboxylic acids is 1. The largest absolute Gasteiger partial charge is 0.394 e. The van der Waals surface area contributed by atoms with Gasteiger partial charge in [-0.1, -0.05) is 19.8 Å². The molecule has 1 aliphatic carbocycles. The highest BCUT2D eigenvalue weighted by Gasteiger charge is 2.56. The molecule has 16 N–H and O–H groups in total. The Hall–Kier alpha value is -1.53. The summed E-state index contributed by atoms with van der Waals surface area (Å²) >= 11 is 0. The molecule has 5 aliphatic rings. The van der Waals surface area contributed by atoms with Crippen molar-refractivity contribution in [3.8, 4) is 0 Å². The summed E-state index contributed by atoms with van der Waals surface area (Å²) in [7, 11) is 1.17. The van der Waals surface area contributed by atoms with Gasteiger partial charge in [0.25, 0.3) is 0 Å². The smallest absolute Gasteiger partial charge is 0.217 e. The predicted molar refractivity (Wildman–Crippen MR) is 215 cm³/mol. The molecule has 4 heterocycles. The highest BCUT2D eigenvalue weighted by molar-refractivity contribution is 5.73. The fourth-order valence-electron chi connectivity index (χ4n) is 8.92. The van der Waals surface area contributed by atoms with E-state index in [0.29, 0.717) is 18.8 Å². The van der Waals surface area contributed by atoms with Gasteiger partial charge in [-0.2, -0.15) is 0 Å². The quantitative estimate of drug-likeness (QED) is 0.0398. The fraction of sp³-hybridized carbons (Fsp3) is 0.975. The second-order valence-corrected chi connectivity index (χ2v) is 17.7. The van der Waals surface area contributed by atoms with Gasteiger partial charge in [-0.3, -0.25) is 4.79 Å². The Bertz CT molecular complexity index is 1470. The zero-order valence-electron chi connectivity index (χ0n) is 37.3. The number of ether oxygens (including phenoxy) is 10. The molecule has 0 bridgehead atoms. The van der Waals surface area contributed by atoms with Crippen molar-refractivity contribution in [3.63, 3.8) is 0 Å². The molecule has 17 unspecified atom stereocenters. The average molecular weight is 982 g/mol. The molecule has 1 saturated carbocycles. The van der Waals surface area contributed by atoms with E-state index in [1.165, 1.54) is 7.11 Å². The molecule has 0 aromatic rings. The monoisotopic (exact) mass is 981 g/mol. The molecule has 5 rings (SSSR count). The number of nitrogens with one attached hydrogen (secondary N) is 1. The number of rotatable bonds is 20. The van der Waals surface area contributed by atoms with Crippen LogP contribution in [0.4, 0.5) is 0 Å². The van der Waals surface area contributed by atoms with E-state index < -0.39 is 192 Å². The summed E-state index contributed by atoms with van der Waals surface area (Å²) in [6.45, 7) is -1.36. The lowest BCUT2D eigenvalue weighted by molar-refractivity contribution is -0.385. The molecule has 67 heavy (non-hydrogen) atoms. The molecule has 392 valence electrons. The van der Waals surface area contributed by atoms with Crippen molar-refractivity contribution >= 4 is 5.91 Å². The minimum Gasteiger partial charge on any atom is -0.394 e. The van der Waals surface area contributed by atoms with Crippen LogP contribution in [0.15, 0.2) is 0 Å². The van der Waals surface area contributed by atoms with Crippen molar-refractivity contribution in [2.75, 3.05) is 40.1 Å². The average Bonchev–Trinajstić information content (AvgIpc) is 3.52. The van der Waals surface area contributed by atoms with Gasteiger partial charge in [-0.15, -0.1) is 0 Å². The lowest BCUT2D eigenvalue weighted by Crippen LogP contribution is -2.70. The Morgan fingerprint density at radius 1 is 0.582 bits per heavy atom. The highest BCUT2D eigenvalue weighted by atomic mass is 16.8. The standard InChI is InChI=1S/C40H71NO26/c1-14-5-4-6-16(8-7-14)59-36(57)30(55)32(20(12-45)58-3)64-39-29(54)27(52)33(21(13-46)63-39)65-40-31(56)35(25(50)19(11-44)62-40)67-37-22(41-15(2)47)34(24(49)18(10-43)60-37)66-38-28(53)26(51)23(48)17(9-42)61-38/h14,16-40,42-46,48-57H,4-13H2,1-3H3,(H,41,47)/t14?,16?,17?,18?,19?,20?,21?,22?,23-,24-,25-,26?,27?,28?,29?,30?,31?,32+,33-,34?,35?,36?,37-,38-,39-,40+/m0/s1. The van der Waals surface area contributed by atoms with Gasteiger partial charge in [-0.05, 0) is 25.2 Å². The second kappa shape index (κ2) is 25.7. The molecule has 0 aromatic carbocycles. The summed E-state index contributed by atoms with van der Waals surface area (Å²) in [5, 5.41) is 163. The van der Waals surface area contributed by atoms with Crippen molar-refractivity contribution in [3.05, 3.63) is 0 Å². The van der Waals surface area contributed by atoms with E-state index in [-0.39, 0.29) is 0 Å². The van der Waals surface area contributed by atoms with E-state index in [0.717, 1.165) is 26.2 Å². The van der Waals surface area contributed by atoms with Gasteiger partial charge in [0.15, 0.2) is 31.5 Å². The van der Waals surface area contributed by atoms with Gasteiger partial charge in [0.1, 0.15) is 116 Å². The Labute approximate surface area is 385 Å². The number of hydrogen-bond donors (Lipinski definition) is 16. The third kappa shape index (κ3) is 13.3. The zero-order valence-corrected chi connectivity index (χ0v) is 37.3. The van der Waals surface area contributed by atoms with Crippen LogP contribution in [-0.2, 0) is 52.2 Å². The molecule has 26 atom stereocenters. The number of hydrogen-bond acceptors (Lipinski definition) is 26. The summed E-state index contributed by atoms with van der Waals surface area (Å²) in [5.41, 5.74) is 0. The Morgan fingerprint density at radius 2 is 1.10 bits per heavy atom. The van der Waals surface area contributed by atoms with Crippen LogP contribution in [0.1, 0.15) is 46.0 Å². The molecule has 0 radical (unpaired) electrons. The molecular formula is C40H71NO26. The second-order valence-electron chi connectivity index (χ2n) is 17.7. The third-order valence-electron chi connectivity index (χ3n) is 12.9. The van der Waals surface area contributed by atoms with E-state index >= 15 is 0 Å². The van der Waals surface area contributed by atoms with E-state index in [4.69, 9.17) is 47.4 Å². The summed E-state index contributed by atoms with van der Waals surface area (Å²) in [5.74, 6) is -0.357. The van der Waals surface area contributed by atoms with Gasteiger partial charge in [0.05, 0.1) is 39.1 Å². The first kappa shape index (κ1) is 56.4. The maximum Gasteiger partial charge on any atom is 0.217 e. The number of amides is 1. The van der Waals surface area contributed by atoms with Gasteiger partial charge >= 0.3 is 0 Å². The van der Waals surface area contributed by atoms with E-state index in [2.05, 4.69) is 12.2 Å². The van der Waals surface area contributed by atoms with Crippen LogP contribution < -0.4 is 5.32 Å². The molecule has 4 saturated heterocycles. The van der Waals surface area contributed by atoms with Gasteiger partial charge in [0, 0.05) is 14.0 Å². The van der Waals surface area contributed by atoms with E-state index in [1.807, 2.05) is 0 Å². The van der Waals surface area contributed by atoms with Crippen LogP contribution in [0, 0.1) is 5.92 Å². The SMILES string of the molecule is COC(CO)[C@@H](O[C@@H]1OC(CO)[C@H](O[C@H]2OC(CO)[C@H](O)C(O[C@@H]3OC(CO)[C@H](O)C(O[C@@H]4OC(CO)[C@H](O)C(O)C4O)C3NC(C)=O)C2O)C(O)C1O)C(O)C(O)OC1CCCC(C)CC1. The molecule has 0 spiro atoms. The molecule has 27 nitrogen and oxygen atoms in total. The fourth-order valence-corrected chi connectivity index (χ4v) is 8.92. The third-order valence-corrected chi connectivity index (χ3v) is 12.9. The van der Waals surface area contributed by atoms with Crippen molar-refractivity contribution in [1.82, 2.24) is 5.32 Å². The Kier molecular flexibility index (Phi) is 21.7. The summed E-state index contributed by atoms with van der Waals surface area (Å²) in [4.78, 5) is 12.5. The lowest BCUT2D eigenvalue weighted by atomic mass is 9.94. The molecule has 0 aromatic heterocycles. The van der Waals surface area contributed by atoms with Crippen molar-refractivity contribution in [2.45, 2.75) is 199 Å². The minimum atomic E-state index is -2.15. The van der Waals surface area contributed by atoms with Crippen LogP contribution >= 0.6 is 0 Å². The summed E-state index contributed by atoms with van der Waals surface area (Å²) < 4.78 is 57.1. The number of methoxy groups -OCH3 is 1. The predicted octanol–water partition coefficient (Wildman–Crippen LogP) is -8.54. The van der Waals surface area contributed by atoms with E-state index in [9.17, 15) is 81.4 Å². The van der Waals surface area contributed by atoms with Crippen LogP contribution in [0.2, 0.25) is 0 Å². The molecule has 1 amide bonds. The van der Waals surface area contributed by atoms with E-state index in [1.54, 1.807) is 0 Å². The van der Waals surface area contributed by atoms with Crippen molar-refractivity contribution in [2.24, 2.45) is 5.92 Å². The first-order chi connectivity index (χ1) is 31.8. The van der Waals surface area contributed by atoms with Gasteiger partial charge in [0.2, 0.25) is 5.91 Å². The topological polar surface area (TPSA) is 425 Å². The Morgan fingerprint density at radius 3 is 1.69 bits per heavy atom. The number of carbonyl (C=O) groups is 1. The van der Waals surface area contributed by atoms with Crippen LogP contribution in [0.25, 0.3) is 0 Å². The molecule has 4 aliphatic heterocycles. The van der Waals surface area contributed by atoms with Crippen molar-refractivity contribution in [1.29, 1.82) is 0 Å². The first-order valence-electron chi connectivity index (χ1n) is 22.4. The molecule has 5 fully saturated rings. The van der Waals surface area contributed by atoms with Crippen LogP contribution in [0.5, 0.6) is 0 Å². The lowest BCUT2D eigenvalue weighted by Gasteiger charge is -2.50. The minimum absolute atomic E-state index is 0.413. The number of aliphatic hydroxyl groups excluding tert-OH is 15. The zero-order chi connectivity index (χ0) is 49.4. The summed E-state index contributed by atoms with van der Waals surface area (Å²) in [6, 6.07) is -1.67. The highest BCUT2D eigenvalue weighted by Crippen LogP contribution is 2.36. The summed E-state index contributed by atoms with van der Waals surface area (Å²) in [6.07, 6.45) is -38.9. The maximum absolute atomic E-state index is 12.5. The maximum atomic E-state index is 12.5. The van der Waals surface area contributed by atoms with Gasteiger partial charge < -0.3 is 129 Å². The Balaban J connectivity index is 1.33. The van der Waals surface area contributed by atoms with Crippen molar-refractivity contribution < 1.29 is 129 Å². The molecule has 27 heteroatoms. The first-order valence-corrected chi connectivity index (χ1v) is 22.4. The number of aliphatic hydroxyl groups is 15. The molecular weight excluding hydrogens is 910 g/mol. The normalized spacial score (nSPS) is 45.1. The van der Waals surface area contributed by atoms with Crippen LogP contribution in [-0.4, -0.2) is 276 Å². The van der Waals surface area contributed by atoms with Crippen LogP contribution in [0.3, 0.4) is 0 Å².